The van der Waals surface area contributed by atoms with Crippen molar-refractivity contribution in [1.82, 2.24) is 10.6 Å². The second-order valence-electron chi connectivity index (χ2n) is 6.47. The third kappa shape index (κ3) is 4.99. The van der Waals surface area contributed by atoms with Gasteiger partial charge in [0.15, 0.2) is 5.96 Å². The summed E-state index contributed by atoms with van der Waals surface area (Å²) in [6.45, 7) is 7.20. The van der Waals surface area contributed by atoms with Crippen molar-refractivity contribution in [1.29, 1.82) is 0 Å². The molecule has 0 atom stereocenters. The van der Waals surface area contributed by atoms with Crippen LogP contribution in [-0.2, 0) is 17.8 Å². The average molecular weight is 352 g/mol. The largest absolute Gasteiger partial charge is 0.378 e. The molecule has 0 unspecified atom stereocenters. The number of hydrogen-bond acceptors (Lipinski definition) is 3. The van der Waals surface area contributed by atoms with Gasteiger partial charge in [-0.2, -0.15) is 0 Å². The van der Waals surface area contributed by atoms with Gasteiger partial charge in [-0.05, 0) is 35.7 Å². The number of anilines is 1. The van der Waals surface area contributed by atoms with E-state index in [1.54, 1.807) is 7.05 Å². The highest BCUT2D eigenvalue weighted by atomic mass is 16.5. The van der Waals surface area contributed by atoms with E-state index in [4.69, 9.17) is 4.74 Å². The van der Waals surface area contributed by atoms with Gasteiger partial charge in [0.25, 0.3) is 0 Å². The maximum absolute atomic E-state index is 5.41. The fraction of sp³-hybridized carbons (Fsp3) is 0.381. The molecule has 0 saturated carbocycles. The van der Waals surface area contributed by atoms with Gasteiger partial charge in [-0.1, -0.05) is 36.4 Å². The fourth-order valence-corrected chi connectivity index (χ4v) is 3.04. The van der Waals surface area contributed by atoms with Crippen molar-refractivity contribution in [3.05, 3.63) is 65.2 Å². The molecular formula is C21H28N4O. The normalized spacial score (nSPS) is 15.0. The zero-order valence-electron chi connectivity index (χ0n) is 15.7. The smallest absolute Gasteiger partial charge is 0.191 e. The van der Waals surface area contributed by atoms with E-state index >= 15 is 0 Å². The standard InChI is InChI=1S/C21H28N4O/c1-17-5-3-4-6-19(17)16-24-21(22-2)23-15-18-7-9-20(10-8-18)25-11-13-26-14-12-25/h3-10H,11-16H2,1-2H3,(H2,22,23,24). The van der Waals surface area contributed by atoms with Crippen molar-refractivity contribution < 1.29 is 4.74 Å². The molecular weight excluding hydrogens is 324 g/mol. The van der Waals surface area contributed by atoms with Gasteiger partial charge in [0.1, 0.15) is 0 Å². The Hall–Kier alpha value is -2.53. The summed E-state index contributed by atoms with van der Waals surface area (Å²) in [5.74, 6) is 0.811. The molecule has 1 saturated heterocycles. The lowest BCUT2D eigenvalue weighted by atomic mass is 10.1. The van der Waals surface area contributed by atoms with Crippen molar-refractivity contribution in [2.24, 2.45) is 4.99 Å². The van der Waals surface area contributed by atoms with Crippen LogP contribution in [0.5, 0.6) is 0 Å². The number of aliphatic imine (C=N–C) groups is 1. The molecule has 1 aliphatic heterocycles. The van der Waals surface area contributed by atoms with Crippen LogP contribution in [0.15, 0.2) is 53.5 Å². The van der Waals surface area contributed by atoms with E-state index in [2.05, 4.69) is 76.0 Å². The summed E-state index contributed by atoms with van der Waals surface area (Å²) in [4.78, 5) is 6.68. The number of guanidine groups is 1. The summed E-state index contributed by atoms with van der Waals surface area (Å²) in [5.41, 5.74) is 5.07. The molecule has 138 valence electrons. The topological polar surface area (TPSA) is 48.9 Å². The van der Waals surface area contributed by atoms with Crippen molar-refractivity contribution in [3.63, 3.8) is 0 Å². The molecule has 0 aromatic heterocycles. The number of nitrogens with one attached hydrogen (secondary N) is 2. The van der Waals surface area contributed by atoms with Crippen molar-refractivity contribution >= 4 is 11.6 Å². The SMILES string of the molecule is CN=C(NCc1ccc(N2CCOCC2)cc1)NCc1ccccc1C. The Morgan fingerprint density at radius 1 is 1.00 bits per heavy atom. The molecule has 2 N–H and O–H groups in total. The number of rotatable bonds is 5. The van der Waals surface area contributed by atoms with Gasteiger partial charge in [0.05, 0.1) is 13.2 Å². The maximum Gasteiger partial charge on any atom is 0.191 e. The number of hydrogen-bond donors (Lipinski definition) is 2. The molecule has 0 spiro atoms. The molecule has 0 bridgehead atoms. The Morgan fingerprint density at radius 2 is 1.69 bits per heavy atom. The zero-order chi connectivity index (χ0) is 18.2. The second kappa shape index (κ2) is 9.25. The van der Waals surface area contributed by atoms with E-state index in [-0.39, 0.29) is 0 Å². The lowest BCUT2D eigenvalue weighted by Crippen LogP contribution is -2.36. The highest BCUT2D eigenvalue weighted by Crippen LogP contribution is 2.16. The van der Waals surface area contributed by atoms with Crippen LogP contribution in [0.1, 0.15) is 16.7 Å². The Morgan fingerprint density at radius 3 is 2.38 bits per heavy atom. The molecule has 0 radical (unpaired) electrons. The van der Waals surface area contributed by atoms with E-state index in [0.29, 0.717) is 0 Å². The fourth-order valence-electron chi connectivity index (χ4n) is 3.04. The molecule has 26 heavy (non-hydrogen) atoms. The second-order valence-corrected chi connectivity index (χ2v) is 6.47. The Kier molecular flexibility index (Phi) is 6.50. The molecule has 1 fully saturated rings. The average Bonchev–Trinajstić information content (AvgIpc) is 2.70. The first-order valence-electron chi connectivity index (χ1n) is 9.17. The van der Waals surface area contributed by atoms with Crippen LogP contribution in [0.25, 0.3) is 0 Å². The molecule has 1 aliphatic rings. The molecule has 2 aromatic carbocycles. The molecule has 0 aliphatic carbocycles. The first kappa shape index (κ1) is 18.3. The van der Waals surface area contributed by atoms with Crippen LogP contribution in [-0.4, -0.2) is 39.3 Å². The first-order valence-corrected chi connectivity index (χ1v) is 9.17. The van der Waals surface area contributed by atoms with Crippen molar-refractivity contribution in [2.75, 3.05) is 38.3 Å². The number of ether oxygens (including phenoxy) is 1. The quantitative estimate of drug-likeness (QED) is 0.642. The lowest BCUT2D eigenvalue weighted by Gasteiger charge is -2.28. The summed E-state index contributed by atoms with van der Waals surface area (Å²) < 4.78 is 5.41. The third-order valence-corrected chi connectivity index (χ3v) is 4.70. The predicted molar refractivity (Wildman–Crippen MR) is 108 cm³/mol. The van der Waals surface area contributed by atoms with E-state index in [1.165, 1.54) is 22.4 Å². The molecule has 2 aromatic rings. The van der Waals surface area contributed by atoms with Crippen molar-refractivity contribution in [2.45, 2.75) is 20.0 Å². The van der Waals surface area contributed by atoms with Gasteiger partial charge in [-0.15, -0.1) is 0 Å². The van der Waals surface area contributed by atoms with Crippen LogP contribution >= 0.6 is 0 Å². The van der Waals surface area contributed by atoms with Gasteiger partial charge < -0.3 is 20.3 Å². The lowest BCUT2D eigenvalue weighted by molar-refractivity contribution is 0.122. The van der Waals surface area contributed by atoms with Gasteiger partial charge in [0.2, 0.25) is 0 Å². The molecule has 5 heteroatoms. The molecule has 1 heterocycles. The first-order chi connectivity index (χ1) is 12.8. The number of nitrogens with zero attached hydrogens (tertiary/aromatic N) is 2. The minimum atomic E-state index is 0.747. The Balaban J connectivity index is 1.49. The highest BCUT2D eigenvalue weighted by molar-refractivity contribution is 5.79. The summed E-state index contributed by atoms with van der Waals surface area (Å²) >= 11 is 0. The van der Waals surface area contributed by atoms with Crippen molar-refractivity contribution in [3.8, 4) is 0 Å². The molecule has 5 nitrogen and oxygen atoms in total. The van der Waals surface area contributed by atoms with E-state index in [9.17, 15) is 0 Å². The molecule has 3 rings (SSSR count). The summed E-state index contributed by atoms with van der Waals surface area (Å²) in [5, 5.41) is 6.76. The maximum atomic E-state index is 5.41. The van der Waals surface area contributed by atoms with Crippen LogP contribution in [0.3, 0.4) is 0 Å². The Bertz CT molecular complexity index is 721. The highest BCUT2D eigenvalue weighted by Gasteiger charge is 2.10. The monoisotopic (exact) mass is 352 g/mol. The van der Waals surface area contributed by atoms with Gasteiger partial charge in [-0.3, -0.25) is 4.99 Å². The van der Waals surface area contributed by atoms with Crippen LogP contribution < -0.4 is 15.5 Å². The van der Waals surface area contributed by atoms with Crippen LogP contribution in [0.4, 0.5) is 5.69 Å². The van der Waals surface area contributed by atoms with E-state index < -0.39 is 0 Å². The predicted octanol–water partition coefficient (Wildman–Crippen LogP) is 2.70. The van der Waals surface area contributed by atoms with E-state index in [1.807, 2.05) is 0 Å². The van der Waals surface area contributed by atoms with E-state index in [0.717, 1.165) is 45.4 Å². The zero-order valence-corrected chi connectivity index (χ0v) is 15.7. The Labute approximate surface area is 156 Å². The summed E-state index contributed by atoms with van der Waals surface area (Å²) in [7, 11) is 1.80. The minimum Gasteiger partial charge on any atom is -0.378 e. The number of benzene rings is 2. The van der Waals surface area contributed by atoms with Gasteiger partial charge in [0, 0.05) is 38.9 Å². The molecule has 0 amide bonds. The van der Waals surface area contributed by atoms with Crippen LogP contribution in [0, 0.1) is 6.92 Å². The number of aryl methyl sites for hydroxylation is 1. The van der Waals surface area contributed by atoms with Gasteiger partial charge in [-0.25, -0.2) is 0 Å². The third-order valence-electron chi connectivity index (χ3n) is 4.70. The summed E-state index contributed by atoms with van der Waals surface area (Å²) in [6.07, 6.45) is 0. The minimum absolute atomic E-state index is 0.747. The van der Waals surface area contributed by atoms with Crippen LogP contribution in [0.2, 0.25) is 0 Å². The summed E-state index contributed by atoms with van der Waals surface area (Å²) in [6, 6.07) is 17.1. The van der Waals surface area contributed by atoms with Gasteiger partial charge >= 0.3 is 0 Å². The number of morpholine rings is 1.